The maximum Gasteiger partial charge on any atom is 0.234 e. The zero-order valence-corrected chi connectivity index (χ0v) is 17.9. The summed E-state index contributed by atoms with van der Waals surface area (Å²) in [5.41, 5.74) is 4.50. The minimum absolute atomic E-state index is 0.0901. The molecule has 3 N–H and O–H groups in total. The summed E-state index contributed by atoms with van der Waals surface area (Å²) in [7, 11) is 0. The Hall–Kier alpha value is -2.91. The number of hydrogen-bond acceptors (Lipinski definition) is 7. The van der Waals surface area contributed by atoms with Gasteiger partial charge in [-0.2, -0.15) is 0 Å². The van der Waals surface area contributed by atoms with Gasteiger partial charge in [0.25, 0.3) is 0 Å². The van der Waals surface area contributed by atoms with Crippen molar-refractivity contribution in [1.29, 1.82) is 0 Å². The normalized spacial score (nSPS) is 10.4. The number of benzene rings is 2. The van der Waals surface area contributed by atoms with E-state index in [9.17, 15) is 9.59 Å². The third-order valence-corrected chi connectivity index (χ3v) is 5.64. The number of amides is 2. The van der Waals surface area contributed by atoms with Crippen LogP contribution in [0.15, 0.2) is 46.8 Å². The first kappa shape index (κ1) is 20.8. The van der Waals surface area contributed by atoms with Crippen molar-refractivity contribution in [2.24, 2.45) is 0 Å². The molecule has 0 spiro atoms. The SMILES string of the molecule is CC(=O)Nc1cccc(Nc2nnc(SCC(=O)Nc3cc(C)cc(C)c3)s2)c1. The van der Waals surface area contributed by atoms with Gasteiger partial charge in [0.1, 0.15) is 0 Å². The molecule has 29 heavy (non-hydrogen) atoms. The predicted octanol–water partition coefficient (Wildman–Crippen LogP) is 4.59. The minimum atomic E-state index is -0.129. The van der Waals surface area contributed by atoms with Crippen LogP contribution in [0.25, 0.3) is 0 Å². The van der Waals surface area contributed by atoms with Crippen molar-refractivity contribution in [3.8, 4) is 0 Å². The second kappa shape index (κ2) is 9.53. The van der Waals surface area contributed by atoms with Gasteiger partial charge >= 0.3 is 0 Å². The van der Waals surface area contributed by atoms with Crippen molar-refractivity contribution in [2.45, 2.75) is 25.1 Å². The topological polar surface area (TPSA) is 96.0 Å². The lowest BCUT2D eigenvalue weighted by atomic mass is 10.1. The van der Waals surface area contributed by atoms with E-state index in [4.69, 9.17) is 0 Å². The fraction of sp³-hybridized carbons (Fsp3) is 0.200. The molecule has 0 aliphatic rings. The van der Waals surface area contributed by atoms with Crippen LogP contribution >= 0.6 is 23.1 Å². The molecule has 0 bridgehead atoms. The van der Waals surface area contributed by atoms with E-state index in [1.54, 1.807) is 0 Å². The van der Waals surface area contributed by atoms with Gasteiger partial charge < -0.3 is 16.0 Å². The standard InChI is InChI=1S/C20H21N5O2S2/c1-12-7-13(2)9-17(8-12)22-18(27)11-28-20-25-24-19(29-20)23-16-6-4-5-15(10-16)21-14(3)26/h4-10H,11H2,1-3H3,(H,21,26)(H,22,27)(H,23,24). The van der Waals surface area contributed by atoms with Gasteiger partial charge in [-0.25, -0.2) is 0 Å². The third-order valence-electron chi connectivity index (χ3n) is 3.67. The van der Waals surface area contributed by atoms with Gasteiger partial charge in [-0.15, -0.1) is 10.2 Å². The Bertz CT molecular complexity index is 1010. The van der Waals surface area contributed by atoms with Crippen molar-refractivity contribution in [2.75, 3.05) is 21.7 Å². The zero-order chi connectivity index (χ0) is 20.8. The molecule has 0 saturated heterocycles. The van der Waals surface area contributed by atoms with Gasteiger partial charge in [-0.05, 0) is 55.3 Å². The van der Waals surface area contributed by atoms with Crippen LogP contribution < -0.4 is 16.0 Å². The zero-order valence-electron chi connectivity index (χ0n) is 16.3. The van der Waals surface area contributed by atoms with Crippen LogP contribution in [0.1, 0.15) is 18.1 Å². The summed E-state index contributed by atoms with van der Waals surface area (Å²) in [6, 6.07) is 13.3. The number of thioether (sulfide) groups is 1. The first-order valence-corrected chi connectivity index (χ1v) is 10.7. The number of rotatable bonds is 7. The highest BCUT2D eigenvalue weighted by molar-refractivity contribution is 8.01. The third kappa shape index (κ3) is 6.58. The second-order valence-electron chi connectivity index (χ2n) is 6.47. The highest BCUT2D eigenvalue weighted by Crippen LogP contribution is 2.28. The van der Waals surface area contributed by atoms with E-state index >= 15 is 0 Å². The summed E-state index contributed by atoms with van der Waals surface area (Å²) in [6.07, 6.45) is 0. The molecule has 1 heterocycles. The molecule has 0 atom stereocenters. The lowest BCUT2D eigenvalue weighted by Crippen LogP contribution is -2.14. The molecule has 0 radical (unpaired) electrons. The van der Waals surface area contributed by atoms with Crippen molar-refractivity contribution in [3.05, 3.63) is 53.6 Å². The van der Waals surface area contributed by atoms with Crippen LogP contribution in [0.2, 0.25) is 0 Å². The van der Waals surface area contributed by atoms with Gasteiger partial charge in [-0.3, -0.25) is 9.59 Å². The van der Waals surface area contributed by atoms with Crippen LogP contribution in [0.5, 0.6) is 0 Å². The maximum atomic E-state index is 12.2. The quantitative estimate of drug-likeness (QED) is 0.477. The number of hydrogen-bond donors (Lipinski definition) is 3. The van der Waals surface area contributed by atoms with Crippen molar-refractivity contribution >= 4 is 57.1 Å². The molecule has 9 heteroatoms. The Labute approximate surface area is 177 Å². The van der Waals surface area contributed by atoms with Gasteiger partial charge in [0.05, 0.1) is 5.75 Å². The highest BCUT2D eigenvalue weighted by atomic mass is 32.2. The average molecular weight is 428 g/mol. The van der Waals surface area contributed by atoms with Gasteiger partial charge in [0.15, 0.2) is 4.34 Å². The van der Waals surface area contributed by atoms with Crippen molar-refractivity contribution in [1.82, 2.24) is 10.2 Å². The smallest absolute Gasteiger partial charge is 0.234 e. The van der Waals surface area contributed by atoms with E-state index in [1.165, 1.54) is 30.0 Å². The monoisotopic (exact) mass is 427 g/mol. The molecular formula is C20H21N5O2S2. The minimum Gasteiger partial charge on any atom is -0.330 e. The number of nitrogens with zero attached hydrogens (tertiary/aromatic N) is 2. The molecule has 150 valence electrons. The first-order valence-electron chi connectivity index (χ1n) is 8.86. The molecular weight excluding hydrogens is 406 g/mol. The molecule has 0 unspecified atom stereocenters. The molecule has 3 aromatic rings. The number of carbonyl (C=O) groups excluding carboxylic acids is 2. The van der Waals surface area contributed by atoms with Gasteiger partial charge in [-0.1, -0.05) is 35.2 Å². The maximum absolute atomic E-state index is 12.2. The van der Waals surface area contributed by atoms with E-state index in [0.29, 0.717) is 15.2 Å². The second-order valence-corrected chi connectivity index (χ2v) is 8.67. The van der Waals surface area contributed by atoms with Crippen molar-refractivity contribution < 1.29 is 9.59 Å². The molecule has 2 amide bonds. The molecule has 1 aromatic heterocycles. The average Bonchev–Trinajstić information content (AvgIpc) is 3.06. The lowest BCUT2D eigenvalue weighted by molar-refractivity contribution is -0.114. The number of aryl methyl sites for hydroxylation is 2. The summed E-state index contributed by atoms with van der Waals surface area (Å²) >= 11 is 2.70. The Morgan fingerprint density at radius 2 is 1.69 bits per heavy atom. The largest absolute Gasteiger partial charge is 0.330 e. The molecule has 0 fully saturated rings. The van der Waals surface area contributed by atoms with Crippen LogP contribution in [0, 0.1) is 13.8 Å². The summed E-state index contributed by atoms with van der Waals surface area (Å²) < 4.78 is 0.695. The van der Waals surface area contributed by atoms with E-state index in [0.717, 1.165) is 22.5 Å². The van der Waals surface area contributed by atoms with Crippen molar-refractivity contribution in [3.63, 3.8) is 0 Å². The molecule has 7 nitrogen and oxygen atoms in total. The van der Waals surface area contributed by atoms with Crippen LogP contribution in [-0.2, 0) is 9.59 Å². The first-order chi connectivity index (χ1) is 13.9. The van der Waals surface area contributed by atoms with Crippen LogP contribution in [-0.4, -0.2) is 27.8 Å². The summed E-state index contributed by atoms with van der Waals surface area (Å²) in [5.74, 6) is 0.0307. The Morgan fingerprint density at radius 1 is 0.966 bits per heavy atom. The van der Waals surface area contributed by atoms with Crippen LogP contribution in [0.4, 0.5) is 22.2 Å². The molecule has 0 saturated carbocycles. The van der Waals surface area contributed by atoms with Crippen LogP contribution in [0.3, 0.4) is 0 Å². The van der Waals surface area contributed by atoms with E-state index in [2.05, 4.69) is 32.2 Å². The number of anilines is 4. The van der Waals surface area contributed by atoms with E-state index in [-0.39, 0.29) is 17.6 Å². The molecule has 0 aliphatic carbocycles. The summed E-state index contributed by atoms with van der Waals surface area (Å²) in [4.78, 5) is 23.4. The van der Waals surface area contributed by atoms with Gasteiger partial charge in [0, 0.05) is 24.0 Å². The molecule has 0 aliphatic heterocycles. The number of nitrogens with one attached hydrogen (secondary N) is 3. The number of aromatic nitrogens is 2. The Morgan fingerprint density at radius 3 is 2.41 bits per heavy atom. The summed E-state index contributed by atoms with van der Waals surface area (Å²) in [5, 5.41) is 17.6. The molecule has 2 aromatic carbocycles. The fourth-order valence-electron chi connectivity index (χ4n) is 2.69. The fourth-order valence-corrected chi connectivity index (χ4v) is 4.26. The number of carbonyl (C=O) groups is 2. The van der Waals surface area contributed by atoms with E-state index < -0.39 is 0 Å². The van der Waals surface area contributed by atoms with E-state index in [1.807, 2.05) is 50.2 Å². The molecule has 3 rings (SSSR count). The lowest BCUT2D eigenvalue weighted by Gasteiger charge is -2.06. The predicted molar refractivity (Wildman–Crippen MR) is 119 cm³/mol. The Balaban J connectivity index is 1.53. The Kier molecular flexibility index (Phi) is 6.84. The highest BCUT2D eigenvalue weighted by Gasteiger charge is 2.09. The summed E-state index contributed by atoms with van der Waals surface area (Å²) in [6.45, 7) is 5.46. The van der Waals surface area contributed by atoms with Gasteiger partial charge in [0.2, 0.25) is 16.9 Å².